The summed E-state index contributed by atoms with van der Waals surface area (Å²) in [7, 11) is 0. The Labute approximate surface area is 114 Å². The highest BCUT2D eigenvalue weighted by molar-refractivity contribution is 7.80. The van der Waals surface area contributed by atoms with Gasteiger partial charge in [-0.2, -0.15) is 0 Å². The van der Waals surface area contributed by atoms with Gasteiger partial charge in [0, 0.05) is 45.5 Å². The minimum Gasteiger partial charge on any atom is -0.363 e. The van der Waals surface area contributed by atoms with Gasteiger partial charge in [-0.1, -0.05) is 6.07 Å². The maximum atomic E-state index is 5.33. The highest BCUT2D eigenvalue weighted by Gasteiger charge is 2.18. The van der Waals surface area contributed by atoms with Crippen molar-refractivity contribution in [3.63, 3.8) is 0 Å². The predicted molar refractivity (Wildman–Crippen MR) is 77.4 cm³/mol. The Bertz CT molecular complexity index is 374. The van der Waals surface area contributed by atoms with E-state index < -0.39 is 0 Å². The Balaban J connectivity index is 1.78. The third kappa shape index (κ3) is 3.65. The van der Waals surface area contributed by atoms with E-state index in [1.54, 1.807) is 0 Å². The van der Waals surface area contributed by atoms with Crippen LogP contribution in [-0.4, -0.2) is 52.6 Å². The van der Waals surface area contributed by atoms with Gasteiger partial charge in [-0.15, -0.1) is 0 Å². The molecule has 1 N–H and O–H groups in total. The Morgan fingerprint density at radius 1 is 1.33 bits per heavy atom. The van der Waals surface area contributed by atoms with Crippen molar-refractivity contribution in [2.75, 3.05) is 32.7 Å². The summed E-state index contributed by atoms with van der Waals surface area (Å²) >= 11 is 5.33. The smallest absolute Gasteiger partial charge is 0.169 e. The number of hydrogen-bond acceptors (Lipinski definition) is 3. The number of aromatic nitrogens is 1. The third-order valence-corrected chi connectivity index (χ3v) is 3.50. The lowest BCUT2D eigenvalue weighted by Gasteiger charge is -2.35. The lowest BCUT2D eigenvalue weighted by atomic mass is 10.3. The second-order valence-electron chi connectivity index (χ2n) is 4.42. The van der Waals surface area contributed by atoms with Gasteiger partial charge in [0.1, 0.15) is 0 Å². The first-order valence-electron chi connectivity index (χ1n) is 6.44. The molecule has 0 aromatic carbocycles. The number of nitrogens with zero attached hydrogens (tertiary/aromatic N) is 3. The minimum absolute atomic E-state index is 0.884. The van der Waals surface area contributed by atoms with Gasteiger partial charge < -0.3 is 10.2 Å². The zero-order valence-electron chi connectivity index (χ0n) is 10.8. The van der Waals surface area contributed by atoms with Crippen LogP contribution in [0.2, 0.25) is 0 Å². The van der Waals surface area contributed by atoms with Gasteiger partial charge >= 0.3 is 0 Å². The van der Waals surface area contributed by atoms with Crippen LogP contribution in [0.4, 0.5) is 0 Å². The molecule has 1 aliphatic heterocycles. The summed E-state index contributed by atoms with van der Waals surface area (Å²) in [4.78, 5) is 9.03. The first kappa shape index (κ1) is 13.2. The molecule has 98 valence electrons. The molecule has 0 atom stereocenters. The predicted octanol–water partition coefficient (Wildman–Crippen LogP) is 1.09. The molecule has 0 saturated carbocycles. The van der Waals surface area contributed by atoms with Crippen molar-refractivity contribution in [2.24, 2.45) is 0 Å². The molecule has 1 fully saturated rings. The van der Waals surface area contributed by atoms with Gasteiger partial charge in [0.25, 0.3) is 0 Å². The van der Waals surface area contributed by atoms with E-state index in [1.807, 2.05) is 18.3 Å². The normalized spacial score (nSPS) is 16.6. The average Bonchev–Trinajstić information content (AvgIpc) is 2.41. The van der Waals surface area contributed by atoms with E-state index in [-0.39, 0.29) is 0 Å². The molecule has 0 unspecified atom stereocenters. The van der Waals surface area contributed by atoms with Gasteiger partial charge in [0.15, 0.2) is 5.11 Å². The molecule has 1 aliphatic rings. The zero-order valence-corrected chi connectivity index (χ0v) is 11.6. The molecule has 1 aromatic rings. The highest BCUT2D eigenvalue weighted by Crippen LogP contribution is 2.06. The van der Waals surface area contributed by atoms with Crippen LogP contribution in [0.1, 0.15) is 12.6 Å². The lowest BCUT2D eigenvalue weighted by molar-refractivity contribution is 0.173. The van der Waals surface area contributed by atoms with Crippen molar-refractivity contribution in [1.82, 2.24) is 20.1 Å². The lowest BCUT2D eigenvalue weighted by Crippen LogP contribution is -2.51. The summed E-state index contributed by atoms with van der Waals surface area (Å²) in [5.74, 6) is 0. The minimum atomic E-state index is 0.884. The maximum absolute atomic E-state index is 5.33. The molecule has 4 nitrogen and oxygen atoms in total. The monoisotopic (exact) mass is 264 g/mol. The van der Waals surface area contributed by atoms with Crippen LogP contribution in [0.3, 0.4) is 0 Å². The number of nitrogens with one attached hydrogen (secondary N) is 1. The van der Waals surface area contributed by atoms with E-state index >= 15 is 0 Å². The molecule has 5 heteroatoms. The summed E-state index contributed by atoms with van der Waals surface area (Å²) < 4.78 is 0. The van der Waals surface area contributed by atoms with Crippen LogP contribution in [0.5, 0.6) is 0 Å². The quantitative estimate of drug-likeness (QED) is 0.826. The number of thiocarbonyl (C=S) groups is 1. The van der Waals surface area contributed by atoms with Crippen molar-refractivity contribution >= 4 is 17.3 Å². The van der Waals surface area contributed by atoms with Crippen molar-refractivity contribution in [3.05, 3.63) is 30.1 Å². The average molecular weight is 264 g/mol. The molecule has 1 saturated heterocycles. The molecule has 0 radical (unpaired) electrons. The van der Waals surface area contributed by atoms with Gasteiger partial charge in [0.2, 0.25) is 0 Å². The summed E-state index contributed by atoms with van der Waals surface area (Å²) in [5.41, 5.74) is 1.14. The van der Waals surface area contributed by atoms with Crippen LogP contribution in [0.25, 0.3) is 0 Å². The summed E-state index contributed by atoms with van der Waals surface area (Å²) in [6, 6.07) is 6.07. The maximum Gasteiger partial charge on any atom is 0.169 e. The van der Waals surface area contributed by atoms with E-state index in [9.17, 15) is 0 Å². The molecular formula is C13H20N4S. The Morgan fingerprint density at radius 2 is 2.11 bits per heavy atom. The van der Waals surface area contributed by atoms with Crippen LogP contribution in [0, 0.1) is 0 Å². The van der Waals surface area contributed by atoms with Gasteiger partial charge in [-0.3, -0.25) is 9.88 Å². The van der Waals surface area contributed by atoms with Crippen LogP contribution >= 0.6 is 12.2 Å². The van der Waals surface area contributed by atoms with Crippen molar-refractivity contribution < 1.29 is 0 Å². The fourth-order valence-electron chi connectivity index (χ4n) is 2.09. The molecule has 2 heterocycles. The summed E-state index contributed by atoms with van der Waals surface area (Å²) in [6.07, 6.45) is 1.85. The fourth-order valence-corrected chi connectivity index (χ4v) is 2.42. The van der Waals surface area contributed by atoms with Gasteiger partial charge in [-0.05, 0) is 31.3 Å². The van der Waals surface area contributed by atoms with Crippen LogP contribution < -0.4 is 5.32 Å². The molecular weight excluding hydrogens is 244 g/mol. The van der Waals surface area contributed by atoms with E-state index in [2.05, 4.69) is 33.1 Å². The molecule has 0 amide bonds. The largest absolute Gasteiger partial charge is 0.363 e. The Kier molecular flexibility index (Phi) is 4.90. The Morgan fingerprint density at radius 3 is 2.72 bits per heavy atom. The second kappa shape index (κ2) is 6.66. The Hall–Kier alpha value is -1.20. The number of hydrogen-bond donors (Lipinski definition) is 1. The van der Waals surface area contributed by atoms with E-state index in [4.69, 9.17) is 12.2 Å². The van der Waals surface area contributed by atoms with E-state index in [0.29, 0.717) is 0 Å². The molecule has 18 heavy (non-hydrogen) atoms. The molecule has 0 aliphatic carbocycles. The first-order valence-corrected chi connectivity index (χ1v) is 6.85. The molecule has 1 aromatic heterocycles. The van der Waals surface area contributed by atoms with E-state index in [1.165, 1.54) is 0 Å². The van der Waals surface area contributed by atoms with Crippen LogP contribution in [0.15, 0.2) is 24.4 Å². The molecule has 0 spiro atoms. The van der Waals surface area contributed by atoms with Crippen molar-refractivity contribution in [1.29, 1.82) is 0 Å². The second-order valence-corrected chi connectivity index (χ2v) is 4.81. The number of piperazine rings is 1. The van der Waals surface area contributed by atoms with Crippen molar-refractivity contribution in [2.45, 2.75) is 13.5 Å². The van der Waals surface area contributed by atoms with Gasteiger partial charge in [0.05, 0.1) is 5.69 Å². The molecule has 0 bridgehead atoms. The van der Waals surface area contributed by atoms with Crippen molar-refractivity contribution in [3.8, 4) is 0 Å². The third-order valence-electron chi connectivity index (χ3n) is 3.10. The SMILES string of the molecule is CCNC(=S)N1CCN(Cc2ccccn2)CC1. The number of pyridine rings is 1. The summed E-state index contributed by atoms with van der Waals surface area (Å²) in [6.45, 7) is 7.99. The number of rotatable bonds is 3. The van der Waals surface area contributed by atoms with Crippen LogP contribution in [-0.2, 0) is 6.54 Å². The standard InChI is InChI=1S/C13H20N4S/c1-2-14-13(18)17-9-7-16(8-10-17)11-12-5-3-4-6-15-12/h3-6H,2,7-11H2,1H3,(H,14,18). The molecule has 2 rings (SSSR count). The summed E-state index contributed by atoms with van der Waals surface area (Å²) in [5, 5.41) is 4.09. The fraction of sp³-hybridized carbons (Fsp3) is 0.538. The topological polar surface area (TPSA) is 31.4 Å². The first-order chi connectivity index (χ1) is 8.79. The highest BCUT2D eigenvalue weighted by atomic mass is 32.1. The van der Waals surface area contributed by atoms with E-state index in [0.717, 1.165) is 50.1 Å². The zero-order chi connectivity index (χ0) is 12.8. The van der Waals surface area contributed by atoms with Gasteiger partial charge in [-0.25, -0.2) is 0 Å².